The average Bonchev–Trinajstić information content (AvgIpc) is 2.64. The molecule has 1 heterocycles. The van der Waals surface area contributed by atoms with Crippen LogP contribution < -0.4 is 4.72 Å². The van der Waals surface area contributed by atoms with Gasteiger partial charge in [-0.3, -0.25) is 4.72 Å². The summed E-state index contributed by atoms with van der Waals surface area (Å²) in [6.07, 6.45) is 12.3. The third-order valence-electron chi connectivity index (χ3n) is 7.20. The van der Waals surface area contributed by atoms with Crippen LogP contribution in [0.3, 0.4) is 0 Å². The Hall–Kier alpha value is -1.07. The van der Waals surface area contributed by atoms with Crippen molar-refractivity contribution in [2.45, 2.75) is 70.6 Å². The van der Waals surface area contributed by atoms with Crippen molar-refractivity contribution in [1.29, 1.82) is 0 Å². The first-order valence-electron chi connectivity index (χ1n) is 11.1. The highest BCUT2D eigenvalue weighted by atomic mass is 32.2. The summed E-state index contributed by atoms with van der Waals surface area (Å²) in [7, 11) is -3.24. The predicted molar refractivity (Wildman–Crippen MR) is 118 cm³/mol. The summed E-state index contributed by atoms with van der Waals surface area (Å²) < 4.78 is 25.8. The van der Waals surface area contributed by atoms with Crippen LogP contribution in [0.4, 0.5) is 5.69 Å². The highest BCUT2D eigenvalue weighted by Crippen LogP contribution is 2.40. The van der Waals surface area contributed by atoms with Gasteiger partial charge in [0.05, 0.1) is 6.26 Å². The molecule has 0 radical (unpaired) electrons. The molecule has 158 valence electrons. The molecule has 0 aromatic heterocycles. The molecular formula is C23H38N2O2S. The summed E-state index contributed by atoms with van der Waals surface area (Å²) in [5.74, 6) is 1.52. The zero-order valence-electron chi connectivity index (χ0n) is 17.9. The van der Waals surface area contributed by atoms with Crippen molar-refractivity contribution in [2.24, 2.45) is 11.8 Å². The van der Waals surface area contributed by atoms with E-state index in [4.69, 9.17) is 0 Å². The Labute approximate surface area is 172 Å². The number of rotatable bonds is 7. The zero-order valence-corrected chi connectivity index (χ0v) is 18.7. The number of likely N-dealkylation sites (tertiary alicyclic amines) is 1. The Morgan fingerprint density at radius 2 is 1.96 bits per heavy atom. The maximum atomic E-state index is 11.6. The average molecular weight is 407 g/mol. The Bertz CT molecular complexity index is 743. The van der Waals surface area contributed by atoms with Gasteiger partial charge in [-0.2, -0.15) is 0 Å². The number of hydrogen-bond acceptors (Lipinski definition) is 3. The first kappa shape index (κ1) is 21.6. The molecule has 2 atom stereocenters. The van der Waals surface area contributed by atoms with E-state index in [9.17, 15) is 8.42 Å². The van der Waals surface area contributed by atoms with Gasteiger partial charge in [0.15, 0.2) is 0 Å². The topological polar surface area (TPSA) is 49.4 Å². The number of hydrogen-bond donors (Lipinski definition) is 1. The van der Waals surface area contributed by atoms with Crippen LogP contribution >= 0.6 is 0 Å². The highest BCUT2D eigenvalue weighted by molar-refractivity contribution is 7.92. The molecule has 1 saturated heterocycles. The third-order valence-corrected chi connectivity index (χ3v) is 7.81. The summed E-state index contributed by atoms with van der Waals surface area (Å²) in [5.41, 5.74) is 2.01. The lowest BCUT2D eigenvalue weighted by Crippen LogP contribution is -2.47. The fraction of sp³-hybridized carbons (Fsp3) is 0.739. The van der Waals surface area contributed by atoms with Gasteiger partial charge in [0.25, 0.3) is 0 Å². The summed E-state index contributed by atoms with van der Waals surface area (Å²) >= 11 is 0. The van der Waals surface area contributed by atoms with Crippen LogP contribution in [-0.2, 0) is 15.4 Å². The second-order valence-electron chi connectivity index (χ2n) is 9.47. The van der Waals surface area contributed by atoms with Crippen LogP contribution in [0.5, 0.6) is 0 Å². The first-order chi connectivity index (χ1) is 13.3. The van der Waals surface area contributed by atoms with E-state index >= 15 is 0 Å². The van der Waals surface area contributed by atoms with Crippen molar-refractivity contribution >= 4 is 15.7 Å². The van der Waals surface area contributed by atoms with Crippen LogP contribution in [-0.4, -0.2) is 39.2 Å². The molecule has 1 aliphatic heterocycles. The van der Waals surface area contributed by atoms with Gasteiger partial charge >= 0.3 is 0 Å². The summed E-state index contributed by atoms with van der Waals surface area (Å²) in [4.78, 5) is 2.65. The van der Waals surface area contributed by atoms with E-state index in [2.05, 4.69) is 29.5 Å². The predicted octanol–water partition coefficient (Wildman–Crippen LogP) is 5.02. The molecule has 1 aliphatic carbocycles. The molecule has 0 bridgehead atoms. The number of anilines is 1. The zero-order chi connectivity index (χ0) is 20.2. The van der Waals surface area contributed by atoms with E-state index in [1.807, 2.05) is 18.2 Å². The van der Waals surface area contributed by atoms with E-state index in [0.717, 1.165) is 25.4 Å². The molecule has 0 amide bonds. The molecule has 28 heavy (non-hydrogen) atoms. The minimum absolute atomic E-state index is 0.0923. The van der Waals surface area contributed by atoms with Gasteiger partial charge < -0.3 is 4.90 Å². The van der Waals surface area contributed by atoms with Crippen LogP contribution in [0.1, 0.15) is 70.8 Å². The smallest absolute Gasteiger partial charge is 0.229 e. The molecule has 1 N–H and O–H groups in total. The molecule has 3 rings (SSSR count). The lowest BCUT2D eigenvalue weighted by Gasteiger charge is -2.45. The Morgan fingerprint density at radius 3 is 2.64 bits per heavy atom. The normalized spacial score (nSPS) is 27.6. The Kier molecular flexibility index (Phi) is 7.08. The molecule has 2 fully saturated rings. The number of nitrogens with one attached hydrogen (secondary N) is 1. The lowest BCUT2D eigenvalue weighted by atomic mass is 9.68. The minimum Gasteiger partial charge on any atom is -0.303 e. The molecule has 2 aliphatic rings. The number of piperidine rings is 1. The largest absolute Gasteiger partial charge is 0.303 e. The number of nitrogens with zero attached hydrogens (tertiary/aromatic N) is 1. The second-order valence-corrected chi connectivity index (χ2v) is 11.2. The maximum absolute atomic E-state index is 11.6. The van der Waals surface area contributed by atoms with Crippen molar-refractivity contribution in [3.63, 3.8) is 0 Å². The monoisotopic (exact) mass is 406 g/mol. The highest BCUT2D eigenvalue weighted by Gasteiger charge is 2.38. The van der Waals surface area contributed by atoms with Crippen LogP contribution in [0.2, 0.25) is 0 Å². The number of benzene rings is 1. The summed E-state index contributed by atoms with van der Waals surface area (Å²) in [6, 6.07) is 7.98. The van der Waals surface area contributed by atoms with Crippen molar-refractivity contribution in [3.8, 4) is 0 Å². The molecule has 1 saturated carbocycles. The molecule has 5 heteroatoms. The van der Waals surface area contributed by atoms with Gasteiger partial charge in [-0.25, -0.2) is 8.42 Å². The SMILES string of the molecule is C[C@H]1CN(CCCC2CCCCC2)CC[C@]1(C)c1cccc(NS(C)(=O)=O)c1. The summed E-state index contributed by atoms with van der Waals surface area (Å²) in [5, 5.41) is 0. The fourth-order valence-electron chi connectivity index (χ4n) is 5.18. The molecule has 1 aromatic rings. The van der Waals surface area contributed by atoms with E-state index in [1.54, 1.807) is 0 Å². The van der Waals surface area contributed by atoms with Gasteiger partial charge in [0.1, 0.15) is 0 Å². The van der Waals surface area contributed by atoms with E-state index in [-0.39, 0.29) is 5.41 Å². The first-order valence-corrected chi connectivity index (χ1v) is 13.0. The van der Waals surface area contributed by atoms with Crippen LogP contribution in [0, 0.1) is 11.8 Å². The van der Waals surface area contributed by atoms with Crippen molar-refractivity contribution in [3.05, 3.63) is 29.8 Å². The lowest BCUT2D eigenvalue weighted by molar-refractivity contribution is 0.107. The van der Waals surface area contributed by atoms with E-state index in [1.165, 1.54) is 63.3 Å². The third kappa shape index (κ3) is 5.73. The summed E-state index contributed by atoms with van der Waals surface area (Å²) in [6.45, 7) is 8.19. The fourth-order valence-corrected chi connectivity index (χ4v) is 5.74. The van der Waals surface area contributed by atoms with Crippen LogP contribution in [0.15, 0.2) is 24.3 Å². The molecular weight excluding hydrogens is 368 g/mol. The van der Waals surface area contributed by atoms with Gasteiger partial charge in [0.2, 0.25) is 10.0 Å². The molecule has 0 spiro atoms. The molecule has 0 unspecified atom stereocenters. The van der Waals surface area contributed by atoms with Gasteiger partial charge in [-0.1, -0.05) is 58.1 Å². The Morgan fingerprint density at radius 1 is 1.21 bits per heavy atom. The van der Waals surface area contributed by atoms with E-state index < -0.39 is 10.0 Å². The molecule has 4 nitrogen and oxygen atoms in total. The van der Waals surface area contributed by atoms with Crippen molar-refractivity contribution in [1.82, 2.24) is 4.90 Å². The van der Waals surface area contributed by atoms with Crippen molar-refractivity contribution in [2.75, 3.05) is 30.6 Å². The second kappa shape index (κ2) is 9.17. The van der Waals surface area contributed by atoms with Crippen LogP contribution in [0.25, 0.3) is 0 Å². The number of sulfonamides is 1. The minimum atomic E-state index is -3.24. The Balaban J connectivity index is 1.55. The standard InChI is InChI=1S/C23H38N2O2S/c1-19-18-25(15-8-11-20-9-5-4-6-10-20)16-14-23(19,2)21-12-7-13-22(17-21)24-28(3,26)27/h7,12-13,17,19-20,24H,4-6,8-11,14-16,18H2,1-3H3/t19-,23-/m0/s1. The quantitative estimate of drug-likeness (QED) is 0.692. The van der Waals surface area contributed by atoms with Gasteiger partial charge in [-0.15, -0.1) is 0 Å². The maximum Gasteiger partial charge on any atom is 0.229 e. The molecule has 1 aromatic carbocycles. The van der Waals surface area contributed by atoms with Crippen molar-refractivity contribution < 1.29 is 8.42 Å². The van der Waals surface area contributed by atoms with Gasteiger partial charge in [-0.05, 0) is 67.3 Å². The van der Waals surface area contributed by atoms with Gasteiger partial charge in [0, 0.05) is 12.2 Å². The van der Waals surface area contributed by atoms with E-state index in [0.29, 0.717) is 11.6 Å².